The highest BCUT2D eigenvalue weighted by atomic mass is 35.5. The summed E-state index contributed by atoms with van der Waals surface area (Å²) in [5.74, 6) is 0.489. The fourth-order valence-electron chi connectivity index (χ4n) is 3.03. The summed E-state index contributed by atoms with van der Waals surface area (Å²) in [7, 11) is 0. The second-order valence-electron chi connectivity index (χ2n) is 6.13. The molecule has 2 amide bonds. The number of ether oxygens (including phenoxy) is 3. The molecule has 0 bridgehead atoms. The molecule has 0 saturated heterocycles. The van der Waals surface area contributed by atoms with E-state index in [1.165, 1.54) is 0 Å². The van der Waals surface area contributed by atoms with E-state index in [2.05, 4.69) is 4.98 Å². The molecule has 0 atom stereocenters. The van der Waals surface area contributed by atoms with Crippen molar-refractivity contribution in [1.29, 1.82) is 0 Å². The minimum atomic E-state index is -0.814. The quantitative estimate of drug-likeness (QED) is 0.648. The molecule has 4 rings (SSSR count). The van der Waals surface area contributed by atoms with Gasteiger partial charge in [-0.3, -0.25) is 0 Å². The fraction of sp³-hybridized carbons (Fsp3) is 0.150. The monoisotopic (exact) mass is 413 g/mol. The van der Waals surface area contributed by atoms with Crippen molar-refractivity contribution >= 4 is 46.0 Å². The van der Waals surface area contributed by atoms with Crippen LogP contribution in [0.3, 0.4) is 0 Å². The van der Waals surface area contributed by atoms with Crippen LogP contribution >= 0.6 is 11.6 Å². The number of primary amides is 1. The number of carbonyl (C=O) groups excluding carboxylic acids is 2. The number of fused-ring (bicyclic) bond motifs is 2. The molecule has 1 aliphatic heterocycles. The number of halogens is 1. The van der Waals surface area contributed by atoms with Gasteiger partial charge in [0.05, 0.1) is 17.8 Å². The summed E-state index contributed by atoms with van der Waals surface area (Å²) in [6, 6.07) is 10.6. The van der Waals surface area contributed by atoms with Crippen molar-refractivity contribution in [3.63, 3.8) is 0 Å². The zero-order chi connectivity index (χ0) is 20.5. The van der Waals surface area contributed by atoms with Gasteiger partial charge in [-0.1, -0.05) is 11.6 Å². The number of nitrogens with zero attached hydrogens (tertiary/aromatic N) is 2. The van der Waals surface area contributed by atoms with Crippen molar-refractivity contribution in [2.75, 3.05) is 18.3 Å². The van der Waals surface area contributed by atoms with Crippen molar-refractivity contribution in [1.82, 2.24) is 4.98 Å². The average molecular weight is 414 g/mol. The Kier molecular flexibility index (Phi) is 4.85. The van der Waals surface area contributed by atoms with Gasteiger partial charge in [0, 0.05) is 16.5 Å². The number of pyridine rings is 1. The van der Waals surface area contributed by atoms with E-state index in [4.69, 9.17) is 31.5 Å². The van der Waals surface area contributed by atoms with Crippen LogP contribution in [-0.4, -0.2) is 30.4 Å². The van der Waals surface area contributed by atoms with Gasteiger partial charge in [0.2, 0.25) is 6.79 Å². The van der Waals surface area contributed by atoms with Gasteiger partial charge in [-0.25, -0.2) is 19.5 Å². The van der Waals surface area contributed by atoms with Crippen LogP contribution in [0.4, 0.5) is 16.3 Å². The van der Waals surface area contributed by atoms with E-state index in [1.54, 1.807) is 49.4 Å². The Bertz CT molecular complexity index is 1120. The van der Waals surface area contributed by atoms with Crippen LogP contribution in [0.25, 0.3) is 10.9 Å². The van der Waals surface area contributed by atoms with E-state index in [0.717, 1.165) is 4.90 Å². The first-order valence-corrected chi connectivity index (χ1v) is 9.12. The SMILES string of the molecule is CCOC(=O)c1cc2cc3c(cc2nc1N(C(N)=O)c1ccc(Cl)cc1)OCO3. The van der Waals surface area contributed by atoms with E-state index in [9.17, 15) is 9.59 Å². The molecule has 0 spiro atoms. The number of hydrogen-bond acceptors (Lipinski definition) is 6. The molecule has 0 fully saturated rings. The van der Waals surface area contributed by atoms with E-state index < -0.39 is 12.0 Å². The second kappa shape index (κ2) is 7.48. The van der Waals surface area contributed by atoms with Crippen molar-refractivity contribution in [3.8, 4) is 11.5 Å². The van der Waals surface area contributed by atoms with Gasteiger partial charge in [0.15, 0.2) is 17.3 Å². The molecule has 0 aliphatic carbocycles. The molecule has 9 heteroatoms. The molecule has 1 aromatic heterocycles. The normalized spacial score (nSPS) is 12.1. The summed E-state index contributed by atoms with van der Waals surface area (Å²) < 4.78 is 15.9. The summed E-state index contributed by atoms with van der Waals surface area (Å²) >= 11 is 5.95. The standard InChI is InChI=1S/C20H16ClN3O5/c1-2-27-19(25)14-7-11-8-16-17(29-10-28-16)9-15(11)23-18(14)24(20(22)26)13-5-3-12(21)4-6-13/h3-9H,2,10H2,1H3,(H2,22,26). The van der Waals surface area contributed by atoms with Gasteiger partial charge < -0.3 is 19.9 Å². The number of nitrogens with two attached hydrogens (primary N) is 1. The zero-order valence-corrected chi connectivity index (χ0v) is 16.1. The lowest BCUT2D eigenvalue weighted by atomic mass is 10.1. The van der Waals surface area contributed by atoms with Crippen molar-refractivity contribution in [2.24, 2.45) is 5.73 Å². The lowest BCUT2D eigenvalue weighted by molar-refractivity contribution is 0.0527. The Morgan fingerprint density at radius 2 is 1.86 bits per heavy atom. The summed E-state index contributed by atoms with van der Waals surface area (Å²) in [6.07, 6.45) is 0. The zero-order valence-electron chi connectivity index (χ0n) is 15.3. The Hall–Kier alpha value is -3.52. The van der Waals surface area contributed by atoms with E-state index in [-0.39, 0.29) is 24.8 Å². The number of esters is 1. The maximum absolute atomic E-state index is 12.6. The van der Waals surface area contributed by atoms with Crippen LogP contribution in [-0.2, 0) is 4.74 Å². The van der Waals surface area contributed by atoms with Gasteiger partial charge in [-0.15, -0.1) is 0 Å². The maximum Gasteiger partial charge on any atom is 0.341 e. The fourth-order valence-corrected chi connectivity index (χ4v) is 3.15. The lowest BCUT2D eigenvalue weighted by Crippen LogP contribution is -2.33. The third-order valence-electron chi connectivity index (χ3n) is 4.30. The highest BCUT2D eigenvalue weighted by Gasteiger charge is 2.26. The molecular weight excluding hydrogens is 398 g/mol. The molecule has 0 radical (unpaired) electrons. The number of amides is 2. The van der Waals surface area contributed by atoms with E-state index in [0.29, 0.717) is 33.1 Å². The van der Waals surface area contributed by atoms with Crippen LogP contribution in [0.15, 0.2) is 42.5 Å². The highest BCUT2D eigenvalue weighted by Crippen LogP contribution is 2.38. The number of rotatable bonds is 4. The minimum Gasteiger partial charge on any atom is -0.462 e. The summed E-state index contributed by atoms with van der Waals surface area (Å²) in [6.45, 7) is 1.95. The van der Waals surface area contributed by atoms with Crippen LogP contribution < -0.4 is 20.1 Å². The molecule has 2 aromatic carbocycles. The number of benzene rings is 2. The first-order chi connectivity index (χ1) is 14.0. The Labute approximate surface area is 170 Å². The highest BCUT2D eigenvalue weighted by molar-refractivity contribution is 6.30. The summed E-state index contributed by atoms with van der Waals surface area (Å²) in [5.41, 5.74) is 6.62. The lowest BCUT2D eigenvalue weighted by Gasteiger charge is -2.22. The van der Waals surface area contributed by atoms with Crippen LogP contribution in [0.5, 0.6) is 11.5 Å². The average Bonchev–Trinajstić information content (AvgIpc) is 3.14. The predicted molar refractivity (Wildman–Crippen MR) is 107 cm³/mol. The molecule has 2 heterocycles. The van der Waals surface area contributed by atoms with Gasteiger partial charge in [0.1, 0.15) is 5.56 Å². The molecule has 29 heavy (non-hydrogen) atoms. The number of anilines is 2. The molecular formula is C20H16ClN3O5. The molecule has 8 nitrogen and oxygen atoms in total. The number of hydrogen-bond donors (Lipinski definition) is 1. The van der Waals surface area contributed by atoms with E-state index in [1.807, 2.05) is 0 Å². The Morgan fingerprint density at radius 1 is 1.17 bits per heavy atom. The maximum atomic E-state index is 12.6. The predicted octanol–water partition coefficient (Wildman–Crippen LogP) is 4.01. The van der Waals surface area contributed by atoms with Crippen molar-refractivity contribution < 1.29 is 23.8 Å². The molecule has 2 N–H and O–H groups in total. The summed E-state index contributed by atoms with van der Waals surface area (Å²) in [5, 5.41) is 1.12. The Morgan fingerprint density at radius 3 is 2.52 bits per heavy atom. The van der Waals surface area contributed by atoms with Gasteiger partial charge in [-0.2, -0.15) is 0 Å². The van der Waals surface area contributed by atoms with E-state index >= 15 is 0 Å². The van der Waals surface area contributed by atoms with Gasteiger partial charge in [-0.05, 0) is 43.3 Å². The molecule has 0 saturated carbocycles. The number of aromatic nitrogens is 1. The molecule has 3 aromatic rings. The number of carbonyl (C=O) groups is 2. The van der Waals surface area contributed by atoms with Crippen LogP contribution in [0.1, 0.15) is 17.3 Å². The van der Waals surface area contributed by atoms with Crippen molar-refractivity contribution in [2.45, 2.75) is 6.92 Å². The third kappa shape index (κ3) is 3.50. The molecule has 148 valence electrons. The number of urea groups is 1. The van der Waals surface area contributed by atoms with Crippen LogP contribution in [0.2, 0.25) is 5.02 Å². The smallest absolute Gasteiger partial charge is 0.341 e. The third-order valence-corrected chi connectivity index (χ3v) is 4.55. The molecule has 1 aliphatic rings. The first-order valence-electron chi connectivity index (χ1n) is 8.74. The largest absolute Gasteiger partial charge is 0.462 e. The summed E-state index contributed by atoms with van der Waals surface area (Å²) in [4.78, 5) is 30.6. The minimum absolute atomic E-state index is 0.0460. The molecule has 0 unspecified atom stereocenters. The van der Waals surface area contributed by atoms with Gasteiger partial charge in [0.25, 0.3) is 0 Å². The topological polar surface area (TPSA) is 104 Å². The second-order valence-corrected chi connectivity index (χ2v) is 6.56. The van der Waals surface area contributed by atoms with Gasteiger partial charge >= 0.3 is 12.0 Å². The van der Waals surface area contributed by atoms with Crippen molar-refractivity contribution in [3.05, 3.63) is 53.1 Å². The van der Waals surface area contributed by atoms with Crippen LogP contribution in [0, 0.1) is 0 Å². The Balaban J connectivity index is 1.94. The first kappa shape index (κ1) is 18.8.